The van der Waals surface area contributed by atoms with Gasteiger partial charge in [0.1, 0.15) is 0 Å². The molecule has 0 saturated carbocycles. The van der Waals surface area contributed by atoms with Gasteiger partial charge in [0.2, 0.25) is 0 Å². The van der Waals surface area contributed by atoms with Crippen LogP contribution in [0.2, 0.25) is 0 Å². The van der Waals surface area contributed by atoms with Crippen LogP contribution < -0.4 is 0 Å². The summed E-state index contributed by atoms with van der Waals surface area (Å²) < 4.78 is 0. The van der Waals surface area contributed by atoms with Gasteiger partial charge in [-0.05, 0) is 18.3 Å². The minimum atomic E-state index is 0.375. The van der Waals surface area contributed by atoms with Crippen LogP contribution in [0, 0.1) is 11.8 Å². The van der Waals surface area contributed by atoms with Gasteiger partial charge in [-0.1, -0.05) is 52.9 Å². The zero-order valence-corrected chi connectivity index (χ0v) is 9.55. The van der Waals surface area contributed by atoms with E-state index in [0.717, 1.165) is 12.3 Å². The third-order valence-electron chi connectivity index (χ3n) is 3.09. The van der Waals surface area contributed by atoms with Gasteiger partial charge in [-0.3, -0.25) is 0 Å². The molecule has 1 nitrogen and oxygen atoms in total. The summed E-state index contributed by atoms with van der Waals surface area (Å²) in [6.07, 6.45) is 7.63. The first kappa shape index (κ1) is 13.0. The van der Waals surface area contributed by atoms with Crippen LogP contribution in [-0.4, -0.2) is 11.7 Å². The molecule has 0 saturated heterocycles. The Morgan fingerprint density at radius 3 is 2.08 bits per heavy atom. The molecule has 1 heteroatoms. The van der Waals surface area contributed by atoms with Gasteiger partial charge in [-0.15, -0.1) is 0 Å². The zero-order chi connectivity index (χ0) is 10.1. The number of unbranched alkanes of at least 4 members (excludes halogenated alkanes) is 1. The van der Waals surface area contributed by atoms with Crippen molar-refractivity contribution in [1.29, 1.82) is 0 Å². The average Bonchev–Trinajstić information content (AvgIpc) is 2.18. The van der Waals surface area contributed by atoms with Crippen LogP contribution in [-0.2, 0) is 0 Å². The summed E-state index contributed by atoms with van der Waals surface area (Å²) in [5.41, 5.74) is 0. The standard InChI is InChI=1S/C12H26O/c1-4-11(3)8-6-7-9-12(5-2)10-13/h11-13H,4-10H2,1-3H3. The first-order valence-electron chi connectivity index (χ1n) is 5.85. The van der Waals surface area contributed by atoms with Crippen molar-refractivity contribution >= 4 is 0 Å². The Hall–Kier alpha value is -0.0400. The van der Waals surface area contributed by atoms with Crippen molar-refractivity contribution in [2.24, 2.45) is 11.8 Å². The molecule has 2 atom stereocenters. The van der Waals surface area contributed by atoms with Gasteiger partial charge in [0.25, 0.3) is 0 Å². The van der Waals surface area contributed by atoms with Gasteiger partial charge in [-0.2, -0.15) is 0 Å². The Balaban J connectivity index is 3.23. The number of aliphatic hydroxyl groups is 1. The van der Waals surface area contributed by atoms with Crippen LogP contribution in [0.5, 0.6) is 0 Å². The van der Waals surface area contributed by atoms with E-state index in [0.29, 0.717) is 12.5 Å². The molecule has 1 N–H and O–H groups in total. The second kappa shape index (κ2) is 8.55. The fourth-order valence-corrected chi connectivity index (χ4v) is 1.55. The molecule has 0 aromatic carbocycles. The Morgan fingerprint density at radius 2 is 1.62 bits per heavy atom. The Bertz CT molecular complexity index is 97.3. The van der Waals surface area contributed by atoms with E-state index in [2.05, 4.69) is 20.8 Å². The van der Waals surface area contributed by atoms with Gasteiger partial charge in [0.15, 0.2) is 0 Å². The maximum atomic E-state index is 8.98. The Kier molecular flexibility index (Phi) is 8.53. The van der Waals surface area contributed by atoms with E-state index in [1.54, 1.807) is 0 Å². The molecule has 0 aromatic rings. The number of hydrogen-bond donors (Lipinski definition) is 1. The van der Waals surface area contributed by atoms with Crippen molar-refractivity contribution < 1.29 is 5.11 Å². The predicted octanol–water partition coefficient (Wildman–Crippen LogP) is 3.61. The van der Waals surface area contributed by atoms with Gasteiger partial charge in [-0.25, -0.2) is 0 Å². The summed E-state index contributed by atoms with van der Waals surface area (Å²) in [5, 5.41) is 8.98. The smallest absolute Gasteiger partial charge is 0.0459 e. The number of hydrogen-bond acceptors (Lipinski definition) is 1. The molecule has 80 valence electrons. The van der Waals surface area contributed by atoms with Crippen LogP contribution in [0.4, 0.5) is 0 Å². The van der Waals surface area contributed by atoms with E-state index in [-0.39, 0.29) is 0 Å². The molecule has 0 amide bonds. The highest BCUT2D eigenvalue weighted by molar-refractivity contribution is 4.57. The summed E-state index contributed by atoms with van der Waals surface area (Å²) in [7, 11) is 0. The van der Waals surface area contributed by atoms with E-state index < -0.39 is 0 Å². The normalized spacial score (nSPS) is 15.7. The van der Waals surface area contributed by atoms with Gasteiger partial charge < -0.3 is 5.11 Å². The maximum absolute atomic E-state index is 8.98. The molecule has 0 spiro atoms. The van der Waals surface area contributed by atoms with Crippen molar-refractivity contribution in [3.63, 3.8) is 0 Å². The summed E-state index contributed by atoms with van der Waals surface area (Å²) in [5.74, 6) is 1.44. The maximum Gasteiger partial charge on any atom is 0.0459 e. The van der Waals surface area contributed by atoms with Crippen molar-refractivity contribution in [2.75, 3.05) is 6.61 Å². The monoisotopic (exact) mass is 186 g/mol. The van der Waals surface area contributed by atoms with Crippen molar-refractivity contribution in [3.05, 3.63) is 0 Å². The Morgan fingerprint density at radius 1 is 1.00 bits per heavy atom. The first-order valence-corrected chi connectivity index (χ1v) is 5.85. The minimum absolute atomic E-state index is 0.375. The summed E-state index contributed by atoms with van der Waals surface area (Å²) in [6.45, 7) is 7.12. The molecule has 0 aliphatic rings. The van der Waals surface area contributed by atoms with E-state index in [1.807, 2.05) is 0 Å². The second-order valence-electron chi connectivity index (χ2n) is 4.25. The molecule has 0 fully saturated rings. The fraction of sp³-hybridized carbons (Fsp3) is 1.00. The lowest BCUT2D eigenvalue weighted by atomic mass is 9.96. The third-order valence-corrected chi connectivity index (χ3v) is 3.09. The molecular formula is C12H26O. The summed E-state index contributed by atoms with van der Waals surface area (Å²) in [4.78, 5) is 0. The summed E-state index contributed by atoms with van der Waals surface area (Å²) in [6, 6.07) is 0. The quantitative estimate of drug-likeness (QED) is 0.574. The summed E-state index contributed by atoms with van der Waals surface area (Å²) >= 11 is 0. The largest absolute Gasteiger partial charge is 0.396 e. The lowest BCUT2D eigenvalue weighted by Crippen LogP contribution is -2.04. The molecular weight excluding hydrogens is 160 g/mol. The molecule has 13 heavy (non-hydrogen) atoms. The molecule has 0 aliphatic carbocycles. The predicted molar refractivity (Wildman–Crippen MR) is 58.8 cm³/mol. The average molecular weight is 186 g/mol. The van der Waals surface area contributed by atoms with Gasteiger partial charge >= 0.3 is 0 Å². The van der Waals surface area contributed by atoms with E-state index in [4.69, 9.17) is 5.11 Å². The SMILES string of the molecule is CCC(C)CCCCC(CC)CO. The van der Waals surface area contributed by atoms with Crippen molar-refractivity contribution in [1.82, 2.24) is 0 Å². The van der Waals surface area contributed by atoms with Crippen LogP contribution in [0.3, 0.4) is 0 Å². The van der Waals surface area contributed by atoms with Crippen LogP contribution >= 0.6 is 0 Å². The molecule has 0 heterocycles. The van der Waals surface area contributed by atoms with Gasteiger partial charge in [0.05, 0.1) is 0 Å². The minimum Gasteiger partial charge on any atom is -0.396 e. The topological polar surface area (TPSA) is 20.2 Å². The second-order valence-corrected chi connectivity index (χ2v) is 4.25. The van der Waals surface area contributed by atoms with E-state index >= 15 is 0 Å². The molecule has 0 aromatic heterocycles. The highest BCUT2D eigenvalue weighted by Crippen LogP contribution is 2.16. The lowest BCUT2D eigenvalue weighted by Gasteiger charge is -2.12. The number of aliphatic hydroxyl groups excluding tert-OH is 1. The zero-order valence-electron chi connectivity index (χ0n) is 9.55. The van der Waals surface area contributed by atoms with Crippen LogP contribution in [0.1, 0.15) is 59.3 Å². The van der Waals surface area contributed by atoms with Crippen LogP contribution in [0.15, 0.2) is 0 Å². The molecule has 0 aliphatic heterocycles. The van der Waals surface area contributed by atoms with Gasteiger partial charge in [0, 0.05) is 6.61 Å². The van der Waals surface area contributed by atoms with Crippen molar-refractivity contribution in [2.45, 2.75) is 59.3 Å². The van der Waals surface area contributed by atoms with E-state index in [1.165, 1.54) is 32.1 Å². The molecule has 0 radical (unpaired) electrons. The molecule has 2 unspecified atom stereocenters. The third kappa shape index (κ3) is 7.06. The van der Waals surface area contributed by atoms with Crippen molar-refractivity contribution in [3.8, 4) is 0 Å². The Labute approximate surface area is 83.5 Å². The fourth-order valence-electron chi connectivity index (χ4n) is 1.55. The van der Waals surface area contributed by atoms with Crippen LogP contribution in [0.25, 0.3) is 0 Å². The first-order chi connectivity index (χ1) is 6.24. The van der Waals surface area contributed by atoms with E-state index in [9.17, 15) is 0 Å². The lowest BCUT2D eigenvalue weighted by molar-refractivity contribution is 0.211. The molecule has 0 rings (SSSR count). The highest BCUT2D eigenvalue weighted by Gasteiger charge is 2.04. The highest BCUT2D eigenvalue weighted by atomic mass is 16.3. The molecule has 0 bridgehead atoms. The number of rotatable bonds is 8.